The first kappa shape index (κ1) is 28.4. The van der Waals surface area contributed by atoms with E-state index < -0.39 is 33.9 Å². The lowest BCUT2D eigenvalue weighted by Gasteiger charge is -2.21. The summed E-state index contributed by atoms with van der Waals surface area (Å²) in [7, 11) is 1.50. The van der Waals surface area contributed by atoms with Gasteiger partial charge in [-0.1, -0.05) is 12.1 Å². The van der Waals surface area contributed by atoms with Crippen molar-refractivity contribution in [3.63, 3.8) is 0 Å². The number of halogens is 2. The molecule has 4 N–H and O–H groups in total. The number of fused-ring (bicyclic) bond motifs is 1. The van der Waals surface area contributed by atoms with Crippen molar-refractivity contribution in [1.29, 1.82) is 0 Å². The highest BCUT2D eigenvalue weighted by atomic mass is 127. The van der Waals surface area contributed by atoms with E-state index in [9.17, 15) is 23.0 Å². The monoisotopic (exact) mass is 680 g/mol. The second-order valence-corrected chi connectivity index (χ2v) is 11.5. The molecule has 0 spiro atoms. The van der Waals surface area contributed by atoms with E-state index in [1.165, 1.54) is 32.9 Å². The SMILES string of the molecule is Cc1c(=O)n(C)c(Nc2ccc(I)cc2F)c2c(=O)n(C3CC3)c(=O)n(-c3cccc(CCNNS(=O)O)c3)c12. The zero-order valence-corrected chi connectivity index (χ0v) is 24.5. The van der Waals surface area contributed by atoms with E-state index in [1.54, 1.807) is 31.2 Å². The molecule has 210 valence electrons. The summed E-state index contributed by atoms with van der Waals surface area (Å²) in [6.45, 7) is 1.88. The van der Waals surface area contributed by atoms with Gasteiger partial charge in [-0.3, -0.25) is 27.8 Å². The van der Waals surface area contributed by atoms with Gasteiger partial charge in [-0.15, -0.1) is 0 Å². The van der Waals surface area contributed by atoms with Crippen molar-refractivity contribution >= 4 is 56.3 Å². The van der Waals surface area contributed by atoms with Crippen molar-refractivity contribution < 1.29 is 13.2 Å². The lowest BCUT2D eigenvalue weighted by molar-refractivity contribution is 0.526. The van der Waals surface area contributed by atoms with Crippen molar-refractivity contribution in [1.82, 2.24) is 24.0 Å². The fourth-order valence-corrected chi connectivity index (χ4v) is 5.42. The van der Waals surface area contributed by atoms with E-state index in [1.807, 2.05) is 28.7 Å². The number of hydrogen-bond donors (Lipinski definition) is 4. The number of nitrogens with one attached hydrogen (secondary N) is 3. The van der Waals surface area contributed by atoms with Gasteiger partial charge >= 0.3 is 5.69 Å². The number of rotatable bonds is 9. The molecule has 40 heavy (non-hydrogen) atoms. The van der Waals surface area contributed by atoms with Crippen LogP contribution in [0.2, 0.25) is 0 Å². The van der Waals surface area contributed by atoms with E-state index in [-0.39, 0.29) is 34.0 Å². The van der Waals surface area contributed by atoms with Crippen molar-refractivity contribution in [2.75, 3.05) is 11.9 Å². The molecular formula is C26H26FIN6O5S. The van der Waals surface area contributed by atoms with Gasteiger partial charge in [-0.05, 0) is 84.7 Å². The average Bonchev–Trinajstić information content (AvgIpc) is 3.74. The molecule has 0 radical (unpaired) electrons. The van der Waals surface area contributed by atoms with Gasteiger partial charge in [-0.25, -0.2) is 18.8 Å². The van der Waals surface area contributed by atoms with E-state index >= 15 is 0 Å². The first-order chi connectivity index (χ1) is 19.1. The highest BCUT2D eigenvalue weighted by Gasteiger charge is 2.31. The van der Waals surface area contributed by atoms with Gasteiger partial charge in [0.25, 0.3) is 11.1 Å². The molecule has 0 aliphatic heterocycles. The summed E-state index contributed by atoms with van der Waals surface area (Å²) in [6.07, 6.45) is 1.79. The molecule has 1 aliphatic rings. The fourth-order valence-electron chi connectivity index (χ4n) is 4.74. The summed E-state index contributed by atoms with van der Waals surface area (Å²) in [4.78, 5) is 43.4. The zero-order valence-electron chi connectivity index (χ0n) is 21.5. The Labute approximate surface area is 243 Å². The van der Waals surface area contributed by atoms with Crippen LogP contribution in [0.3, 0.4) is 0 Å². The smallest absolute Gasteiger partial charge is 0.336 e. The maximum absolute atomic E-state index is 14.9. The Bertz CT molecular complexity index is 1850. The third kappa shape index (κ3) is 5.41. The predicted molar refractivity (Wildman–Crippen MR) is 160 cm³/mol. The average molecular weight is 681 g/mol. The van der Waals surface area contributed by atoms with Gasteiger partial charge in [0.05, 0.1) is 16.9 Å². The summed E-state index contributed by atoms with van der Waals surface area (Å²) in [6, 6.07) is 11.4. The molecule has 0 amide bonds. The van der Waals surface area contributed by atoms with Gasteiger partial charge in [-0.2, -0.15) is 4.83 Å². The van der Waals surface area contributed by atoms with E-state index in [2.05, 4.69) is 15.6 Å². The summed E-state index contributed by atoms with van der Waals surface area (Å²) in [5.74, 6) is -0.466. The van der Waals surface area contributed by atoms with Crippen LogP contribution in [-0.2, 0) is 24.7 Å². The molecule has 2 aromatic carbocycles. The Kier molecular flexibility index (Phi) is 8.05. The van der Waals surface area contributed by atoms with Crippen molar-refractivity contribution in [2.24, 2.45) is 7.05 Å². The zero-order chi connectivity index (χ0) is 28.7. The van der Waals surface area contributed by atoms with Crippen LogP contribution in [0.15, 0.2) is 56.8 Å². The number of aromatic nitrogens is 3. The van der Waals surface area contributed by atoms with Crippen LogP contribution in [-0.4, -0.2) is 29.0 Å². The van der Waals surface area contributed by atoms with Crippen LogP contribution in [0.5, 0.6) is 0 Å². The van der Waals surface area contributed by atoms with Crippen LogP contribution in [0.25, 0.3) is 16.6 Å². The summed E-state index contributed by atoms with van der Waals surface area (Å²) < 4.78 is 39.1. The summed E-state index contributed by atoms with van der Waals surface area (Å²) in [5.41, 5.74) is 2.77. The van der Waals surface area contributed by atoms with Crippen LogP contribution >= 0.6 is 22.6 Å². The van der Waals surface area contributed by atoms with E-state index in [4.69, 9.17) is 4.55 Å². The predicted octanol–water partition coefficient (Wildman–Crippen LogP) is 2.76. The van der Waals surface area contributed by atoms with Crippen LogP contribution in [0.4, 0.5) is 15.9 Å². The molecule has 1 aliphatic carbocycles. The Morgan fingerprint density at radius 3 is 2.55 bits per heavy atom. The molecule has 1 atom stereocenters. The minimum Gasteiger partial charge on any atom is -0.338 e. The molecule has 0 bridgehead atoms. The van der Waals surface area contributed by atoms with E-state index in [0.717, 1.165) is 5.56 Å². The quantitative estimate of drug-likeness (QED) is 0.0924. The number of pyridine rings is 1. The van der Waals surface area contributed by atoms with Gasteiger partial charge in [0.2, 0.25) is 11.3 Å². The van der Waals surface area contributed by atoms with Crippen LogP contribution in [0, 0.1) is 16.3 Å². The van der Waals surface area contributed by atoms with E-state index in [0.29, 0.717) is 35.1 Å². The van der Waals surface area contributed by atoms with Gasteiger partial charge in [0.15, 0.2) is 0 Å². The Balaban J connectivity index is 1.76. The van der Waals surface area contributed by atoms with Crippen LogP contribution < -0.4 is 32.4 Å². The van der Waals surface area contributed by atoms with Gasteiger partial charge in [0, 0.05) is 28.8 Å². The standard InChI is InChI=1S/C26H26FIN6O5S/c1-14-22-21(23(32(2)24(14)35)30-20-9-6-16(28)13-19(20)27)25(36)34(17-7-8-17)26(37)33(22)18-5-3-4-15(12-18)10-11-29-31-40(38)39/h3-6,9,12-13,17,29-31H,7-8,10-11H2,1-2H3,(H,38,39). The van der Waals surface area contributed by atoms with Gasteiger partial charge < -0.3 is 5.32 Å². The maximum atomic E-state index is 14.9. The highest BCUT2D eigenvalue weighted by molar-refractivity contribution is 14.1. The number of benzene rings is 2. The lowest BCUT2D eigenvalue weighted by Crippen LogP contribution is -2.41. The maximum Gasteiger partial charge on any atom is 0.336 e. The second kappa shape index (κ2) is 11.4. The molecular weight excluding hydrogens is 654 g/mol. The molecule has 2 aromatic heterocycles. The van der Waals surface area contributed by atoms with Crippen molar-refractivity contribution in [3.8, 4) is 5.69 Å². The normalized spacial score (nSPS) is 14.0. The summed E-state index contributed by atoms with van der Waals surface area (Å²) >= 11 is -0.216. The molecule has 1 saturated carbocycles. The summed E-state index contributed by atoms with van der Waals surface area (Å²) in [5, 5.41) is 3.06. The topological polar surface area (TPSA) is 139 Å². The first-order valence-corrected chi connectivity index (χ1v) is 14.6. The largest absolute Gasteiger partial charge is 0.338 e. The minimum atomic E-state index is -2.21. The molecule has 2 heterocycles. The molecule has 11 nitrogen and oxygen atoms in total. The molecule has 14 heteroatoms. The molecule has 0 saturated heterocycles. The minimum absolute atomic E-state index is 0.0855. The number of nitrogens with zero attached hydrogens (tertiary/aromatic N) is 3. The Hall–Kier alpha value is -3.18. The highest BCUT2D eigenvalue weighted by Crippen LogP contribution is 2.34. The van der Waals surface area contributed by atoms with Crippen molar-refractivity contribution in [3.05, 3.63) is 94.2 Å². The molecule has 1 unspecified atom stereocenters. The number of hydrazine groups is 1. The van der Waals surface area contributed by atoms with Gasteiger partial charge in [0.1, 0.15) is 17.0 Å². The fraction of sp³-hybridized carbons (Fsp3) is 0.269. The molecule has 5 rings (SSSR count). The van der Waals surface area contributed by atoms with Crippen molar-refractivity contribution in [2.45, 2.75) is 32.2 Å². The first-order valence-electron chi connectivity index (χ1n) is 12.4. The van der Waals surface area contributed by atoms with Crippen LogP contribution in [0.1, 0.15) is 30.0 Å². The third-order valence-electron chi connectivity index (χ3n) is 6.81. The number of anilines is 2. The third-order valence-corrected chi connectivity index (χ3v) is 7.80. The lowest BCUT2D eigenvalue weighted by atomic mass is 10.1. The second-order valence-electron chi connectivity index (χ2n) is 9.53. The number of hydrogen-bond acceptors (Lipinski definition) is 6. The molecule has 1 fully saturated rings. The Morgan fingerprint density at radius 1 is 1.12 bits per heavy atom. The molecule has 4 aromatic rings. The Morgan fingerprint density at radius 2 is 1.88 bits per heavy atom. The number of aryl methyl sites for hydroxylation is 1.